The van der Waals surface area contributed by atoms with E-state index in [1.165, 1.54) is 17.1 Å². The molecule has 1 fully saturated rings. The van der Waals surface area contributed by atoms with E-state index in [0.29, 0.717) is 30.9 Å². The number of nitrogens with zero attached hydrogens (tertiary/aromatic N) is 1. The molecule has 6 nitrogen and oxygen atoms in total. The minimum atomic E-state index is -3.16. The Labute approximate surface area is 138 Å². The third-order valence-corrected chi connectivity index (χ3v) is 5.70. The Morgan fingerprint density at radius 3 is 2.52 bits per heavy atom. The Kier molecular flexibility index (Phi) is 6.27. The fourth-order valence-electron chi connectivity index (χ4n) is 2.57. The number of carbonyl (C=O) groups excluding carboxylic acids is 1. The van der Waals surface area contributed by atoms with Gasteiger partial charge in [0.25, 0.3) is 0 Å². The molecule has 23 heavy (non-hydrogen) atoms. The molecule has 0 aliphatic carbocycles. The first-order valence-corrected chi connectivity index (χ1v) is 9.79. The maximum absolute atomic E-state index is 11.9. The van der Waals surface area contributed by atoms with Crippen molar-refractivity contribution in [3.63, 3.8) is 0 Å². The van der Waals surface area contributed by atoms with E-state index in [1.54, 1.807) is 24.3 Å². The van der Waals surface area contributed by atoms with Crippen LogP contribution in [-0.4, -0.2) is 33.3 Å². The van der Waals surface area contributed by atoms with Crippen LogP contribution in [0.3, 0.4) is 0 Å². The zero-order valence-corrected chi connectivity index (χ0v) is 14.4. The van der Waals surface area contributed by atoms with Crippen LogP contribution in [-0.2, 0) is 10.0 Å². The number of hydrogen-bond acceptors (Lipinski definition) is 3. The molecular weight excluding hydrogens is 314 g/mol. The number of benzene rings is 1. The molecule has 7 heteroatoms. The summed E-state index contributed by atoms with van der Waals surface area (Å²) in [4.78, 5) is 11.8. The third-order valence-electron chi connectivity index (χ3n) is 3.83. The van der Waals surface area contributed by atoms with Crippen molar-refractivity contribution in [3.05, 3.63) is 24.3 Å². The van der Waals surface area contributed by atoms with Crippen LogP contribution in [0.2, 0.25) is 0 Å². The van der Waals surface area contributed by atoms with Gasteiger partial charge in [-0.3, -0.25) is 4.31 Å². The zero-order chi connectivity index (χ0) is 16.7. The fourth-order valence-corrected chi connectivity index (χ4v) is 4.13. The lowest BCUT2D eigenvalue weighted by Gasteiger charge is -2.17. The lowest BCUT2D eigenvalue weighted by atomic mass is 10.2. The van der Waals surface area contributed by atoms with E-state index in [1.807, 2.05) is 0 Å². The Hall–Kier alpha value is -1.76. The quantitative estimate of drug-likeness (QED) is 0.750. The average molecular weight is 339 g/mol. The van der Waals surface area contributed by atoms with Gasteiger partial charge in [0.15, 0.2) is 0 Å². The van der Waals surface area contributed by atoms with Crippen molar-refractivity contribution in [2.45, 2.75) is 39.0 Å². The summed E-state index contributed by atoms with van der Waals surface area (Å²) in [7, 11) is -3.16. The predicted molar refractivity (Wildman–Crippen MR) is 93.4 cm³/mol. The van der Waals surface area contributed by atoms with E-state index in [-0.39, 0.29) is 11.8 Å². The first-order chi connectivity index (χ1) is 11.0. The van der Waals surface area contributed by atoms with Crippen LogP contribution in [0.15, 0.2) is 24.3 Å². The van der Waals surface area contributed by atoms with Crippen LogP contribution in [0.25, 0.3) is 0 Å². The highest BCUT2D eigenvalue weighted by Gasteiger charge is 2.28. The molecule has 2 rings (SSSR count). The molecule has 1 aliphatic heterocycles. The van der Waals surface area contributed by atoms with E-state index in [9.17, 15) is 13.2 Å². The van der Waals surface area contributed by atoms with Gasteiger partial charge in [-0.05, 0) is 37.1 Å². The number of amides is 2. The van der Waals surface area contributed by atoms with Gasteiger partial charge in [-0.25, -0.2) is 13.2 Å². The maximum atomic E-state index is 11.9. The second-order valence-electron chi connectivity index (χ2n) is 5.73. The Balaban J connectivity index is 1.82. The van der Waals surface area contributed by atoms with E-state index >= 15 is 0 Å². The van der Waals surface area contributed by atoms with E-state index in [4.69, 9.17) is 0 Å². The molecule has 1 heterocycles. The number of anilines is 2. The monoisotopic (exact) mass is 339 g/mol. The van der Waals surface area contributed by atoms with Gasteiger partial charge in [0.1, 0.15) is 0 Å². The summed E-state index contributed by atoms with van der Waals surface area (Å²) >= 11 is 0. The summed E-state index contributed by atoms with van der Waals surface area (Å²) in [5.74, 6) is 0.202. The van der Waals surface area contributed by atoms with Gasteiger partial charge >= 0.3 is 6.03 Å². The van der Waals surface area contributed by atoms with Gasteiger partial charge in [0, 0.05) is 18.8 Å². The first kappa shape index (κ1) is 17.6. The number of unbranched alkanes of at least 4 members (excludes halogenated alkanes) is 3. The van der Waals surface area contributed by atoms with Gasteiger partial charge in [-0.15, -0.1) is 0 Å². The number of hydrogen-bond donors (Lipinski definition) is 2. The van der Waals surface area contributed by atoms with Crippen molar-refractivity contribution in [3.8, 4) is 0 Å². The van der Waals surface area contributed by atoms with Crippen molar-refractivity contribution < 1.29 is 13.2 Å². The van der Waals surface area contributed by atoms with Crippen LogP contribution in [0, 0.1) is 0 Å². The summed E-state index contributed by atoms with van der Waals surface area (Å²) in [5, 5.41) is 5.57. The molecule has 1 aromatic carbocycles. The van der Waals surface area contributed by atoms with Crippen LogP contribution >= 0.6 is 0 Å². The number of carbonyl (C=O) groups is 1. The molecule has 0 aromatic heterocycles. The molecule has 0 radical (unpaired) electrons. The summed E-state index contributed by atoms with van der Waals surface area (Å²) in [6.45, 7) is 3.33. The SMILES string of the molecule is CCCCCCNC(=O)Nc1ccc(N2CCCS2(=O)=O)cc1. The fraction of sp³-hybridized carbons (Fsp3) is 0.562. The van der Waals surface area contributed by atoms with Crippen LogP contribution < -0.4 is 14.9 Å². The molecule has 0 atom stereocenters. The number of nitrogens with one attached hydrogen (secondary N) is 2. The van der Waals surface area contributed by atoms with Crippen molar-refractivity contribution in [1.82, 2.24) is 5.32 Å². The lowest BCUT2D eigenvalue weighted by molar-refractivity contribution is 0.252. The Bertz CT molecular complexity index is 614. The highest BCUT2D eigenvalue weighted by molar-refractivity contribution is 7.93. The van der Waals surface area contributed by atoms with Gasteiger partial charge in [0.2, 0.25) is 10.0 Å². The highest BCUT2D eigenvalue weighted by Crippen LogP contribution is 2.25. The van der Waals surface area contributed by atoms with E-state index in [2.05, 4.69) is 17.6 Å². The standard InChI is InChI=1S/C16H25N3O3S/c1-2-3-4-5-11-17-16(20)18-14-7-9-15(10-8-14)19-12-6-13-23(19,21)22/h7-10H,2-6,11-13H2,1H3,(H2,17,18,20). The molecule has 1 aromatic rings. The molecule has 0 saturated carbocycles. The molecule has 2 N–H and O–H groups in total. The van der Waals surface area contributed by atoms with Gasteiger partial charge in [0.05, 0.1) is 11.4 Å². The second kappa shape index (κ2) is 8.19. The molecule has 0 unspecified atom stereocenters. The number of sulfonamides is 1. The van der Waals surface area contributed by atoms with Gasteiger partial charge < -0.3 is 10.6 Å². The van der Waals surface area contributed by atoms with E-state index in [0.717, 1.165) is 12.8 Å². The third kappa shape index (κ3) is 5.13. The van der Waals surface area contributed by atoms with Crippen LogP contribution in [0.5, 0.6) is 0 Å². The molecule has 128 valence electrons. The summed E-state index contributed by atoms with van der Waals surface area (Å²) < 4.78 is 25.1. The Morgan fingerprint density at radius 2 is 1.91 bits per heavy atom. The van der Waals surface area contributed by atoms with Crippen molar-refractivity contribution >= 4 is 27.4 Å². The number of urea groups is 1. The molecule has 1 saturated heterocycles. The lowest BCUT2D eigenvalue weighted by Crippen LogP contribution is -2.29. The summed E-state index contributed by atoms with van der Waals surface area (Å²) in [6, 6.07) is 6.65. The molecular formula is C16H25N3O3S. The smallest absolute Gasteiger partial charge is 0.319 e. The maximum Gasteiger partial charge on any atom is 0.319 e. The van der Waals surface area contributed by atoms with Crippen LogP contribution in [0.1, 0.15) is 39.0 Å². The molecule has 2 amide bonds. The Morgan fingerprint density at radius 1 is 1.17 bits per heavy atom. The molecule has 1 aliphatic rings. The first-order valence-electron chi connectivity index (χ1n) is 8.18. The highest BCUT2D eigenvalue weighted by atomic mass is 32.2. The molecule has 0 spiro atoms. The topological polar surface area (TPSA) is 78.5 Å². The van der Waals surface area contributed by atoms with E-state index < -0.39 is 10.0 Å². The van der Waals surface area contributed by atoms with Crippen molar-refractivity contribution in [1.29, 1.82) is 0 Å². The largest absolute Gasteiger partial charge is 0.338 e. The normalized spacial score (nSPS) is 16.3. The summed E-state index contributed by atoms with van der Waals surface area (Å²) in [5.41, 5.74) is 1.30. The predicted octanol–water partition coefficient (Wildman–Crippen LogP) is 2.93. The second-order valence-corrected chi connectivity index (χ2v) is 7.74. The van der Waals surface area contributed by atoms with Crippen molar-refractivity contribution in [2.24, 2.45) is 0 Å². The van der Waals surface area contributed by atoms with Crippen molar-refractivity contribution in [2.75, 3.05) is 28.5 Å². The summed E-state index contributed by atoms with van der Waals surface area (Å²) in [6.07, 6.45) is 5.11. The molecule has 0 bridgehead atoms. The minimum Gasteiger partial charge on any atom is -0.338 e. The number of rotatable bonds is 7. The average Bonchev–Trinajstić information content (AvgIpc) is 2.87. The zero-order valence-electron chi connectivity index (χ0n) is 13.5. The van der Waals surface area contributed by atoms with Crippen LogP contribution in [0.4, 0.5) is 16.2 Å². The van der Waals surface area contributed by atoms with Gasteiger partial charge in [-0.1, -0.05) is 26.2 Å². The van der Waals surface area contributed by atoms with Gasteiger partial charge in [-0.2, -0.15) is 0 Å². The minimum absolute atomic E-state index is 0.202.